The average Bonchev–Trinajstić information content (AvgIpc) is 0.802. The van der Waals surface area contributed by atoms with Gasteiger partial charge in [-0.25, -0.2) is 0 Å². The van der Waals surface area contributed by atoms with Gasteiger partial charge in [0, 0.05) is 0 Å². The first kappa shape index (κ1) is 103. The van der Waals surface area contributed by atoms with Gasteiger partial charge >= 0.3 is 0 Å². The lowest BCUT2D eigenvalue weighted by Gasteiger charge is -2.05. The Bertz CT molecular complexity index is 4390. The number of hydrogen-bond donors (Lipinski definition) is 0. The first-order valence-corrected chi connectivity index (χ1v) is 42.1. The highest BCUT2D eigenvalue weighted by Crippen LogP contribution is 2.29. The lowest BCUT2D eigenvalue weighted by atomic mass is 9.99. The van der Waals surface area contributed by atoms with Crippen molar-refractivity contribution in [1.82, 2.24) is 0 Å². The van der Waals surface area contributed by atoms with Gasteiger partial charge in [-0.2, -0.15) is 0 Å². The molecule has 0 N–H and O–H groups in total. The zero-order chi connectivity index (χ0) is 83.6. The number of fused-ring (bicyclic) bond motifs is 5. The highest BCUT2D eigenvalue weighted by Gasteiger charge is 2.03. The molecule has 588 valence electrons. The van der Waals surface area contributed by atoms with Gasteiger partial charge in [-0.1, -0.05) is 567 Å². The normalized spacial score (nSPS) is 8.71. The van der Waals surface area contributed by atoms with E-state index < -0.39 is 0 Å². The van der Waals surface area contributed by atoms with Crippen LogP contribution in [-0.4, -0.2) is 0 Å². The van der Waals surface area contributed by atoms with Crippen LogP contribution in [0.2, 0.25) is 0 Å². The molecule has 0 aromatic heterocycles. The molecule has 0 unspecified atom stereocenters. The Hall–Kier alpha value is -11.4. The molecule has 0 amide bonds. The Morgan fingerprint density at radius 1 is 0.0893 bits per heavy atom. The number of rotatable bonds is 6. The van der Waals surface area contributed by atoms with Crippen molar-refractivity contribution in [3.05, 3.63) is 413 Å². The Morgan fingerprint density at radius 2 is 0.232 bits per heavy atom. The summed E-state index contributed by atoms with van der Waals surface area (Å²) in [6.45, 7) is 48.0. The monoisotopic (exact) mass is 1490 g/mol. The van der Waals surface area contributed by atoms with E-state index in [1.807, 2.05) is 209 Å². The van der Waals surface area contributed by atoms with E-state index in [-0.39, 0.29) is 0 Å². The van der Waals surface area contributed by atoms with E-state index in [1.165, 1.54) is 110 Å². The summed E-state index contributed by atoms with van der Waals surface area (Å²) in [4.78, 5) is 0. The van der Waals surface area contributed by atoms with Gasteiger partial charge in [-0.3, -0.25) is 0 Å². The van der Waals surface area contributed by atoms with Crippen molar-refractivity contribution in [2.45, 2.75) is 166 Å². The van der Waals surface area contributed by atoms with Crippen LogP contribution in [0.15, 0.2) is 413 Å². The van der Waals surface area contributed by atoms with E-state index in [2.05, 4.69) is 370 Å². The van der Waals surface area contributed by atoms with Crippen LogP contribution in [0.4, 0.5) is 0 Å². The van der Waals surface area contributed by atoms with Crippen LogP contribution >= 0.6 is 0 Å². The predicted octanol–water partition coefficient (Wildman–Crippen LogP) is 37.0. The molecule has 0 saturated heterocycles. The second kappa shape index (κ2) is 71.2. The maximum absolute atomic E-state index is 2.24. The highest BCUT2D eigenvalue weighted by atomic mass is 14.1. The molecule has 112 heavy (non-hydrogen) atoms. The van der Waals surface area contributed by atoms with E-state index in [4.69, 9.17) is 0 Å². The molecular weight excluding hydrogens is 1350 g/mol. The van der Waals surface area contributed by atoms with E-state index in [0.29, 0.717) is 0 Å². The van der Waals surface area contributed by atoms with Crippen molar-refractivity contribution in [3.8, 4) is 66.8 Å². The van der Waals surface area contributed by atoms with Gasteiger partial charge in [0.15, 0.2) is 0 Å². The summed E-state index contributed by atoms with van der Waals surface area (Å²) in [6, 6.07) is 144. The molecule has 0 radical (unpaired) electrons. The third-order valence-electron chi connectivity index (χ3n) is 15.2. The first-order chi connectivity index (χ1) is 55.7. The molecule has 0 spiro atoms. The van der Waals surface area contributed by atoms with Crippen molar-refractivity contribution in [2.24, 2.45) is 0 Å². The second-order valence-electron chi connectivity index (χ2n) is 21.1. The Labute approximate surface area is 684 Å². The Kier molecular flexibility index (Phi) is 65.2. The highest BCUT2D eigenvalue weighted by molar-refractivity contribution is 6.07. The fourth-order valence-corrected chi connectivity index (χ4v) is 10.6. The molecule has 0 saturated carbocycles. The summed E-state index contributed by atoms with van der Waals surface area (Å²) in [6.07, 6.45) is 0. The largest absolute Gasteiger partial charge is 0.0683 e. The van der Waals surface area contributed by atoms with E-state index in [0.717, 1.165) is 0 Å². The van der Waals surface area contributed by atoms with Crippen LogP contribution in [0.3, 0.4) is 0 Å². The van der Waals surface area contributed by atoms with Gasteiger partial charge in [0.2, 0.25) is 0 Å². The van der Waals surface area contributed by atoms with Crippen LogP contribution in [0.25, 0.3) is 110 Å². The van der Waals surface area contributed by atoms with Crippen LogP contribution in [0.5, 0.6) is 0 Å². The van der Waals surface area contributed by atoms with Crippen molar-refractivity contribution in [1.29, 1.82) is 0 Å². The lowest BCUT2D eigenvalue weighted by Crippen LogP contribution is -1.80. The van der Waals surface area contributed by atoms with Gasteiger partial charge in [-0.15, -0.1) is 0 Å². The van der Waals surface area contributed by atoms with Crippen molar-refractivity contribution < 1.29 is 0 Å². The quantitative estimate of drug-likeness (QED) is 0.146. The molecule has 0 heterocycles. The minimum Gasteiger partial charge on any atom is -0.0683 e. The molecule has 0 aliphatic carbocycles. The molecule has 0 atom stereocenters. The van der Waals surface area contributed by atoms with Crippen LogP contribution in [0.1, 0.15) is 166 Å². The molecule has 0 fully saturated rings. The minimum absolute atomic E-state index is 1.26. The maximum atomic E-state index is 2.24. The van der Waals surface area contributed by atoms with Crippen LogP contribution < -0.4 is 0 Å². The molecular formula is C112H140. The maximum Gasteiger partial charge on any atom is -0.0105 e. The van der Waals surface area contributed by atoms with E-state index in [9.17, 15) is 0 Å². The molecule has 0 nitrogen and oxygen atoms in total. The third-order valence-corrected chi connectivity index (χ3v) is 15.2. The Morgan fingerprint density at radius 3 is 0.473 bits per heavy atom. The number of benzene rings is 16. The van der Waals surface area contributed by atoms with Gasteiger partial charge in [0.05, 0.1) is 0 Å². The first-order valence-electron chi connectivity index (χ1n) is 42.1. The summed E-state index contributed by atoms with van der Waals surface area (Å²) in [5.74, 6) is 0. The van der Waals surface area contributed by atoms with E-state index >= 15 is 0 Å². The topological polar surface area (TPSA) is 0 Å². The second-order valence-corrected chi connectivity index (χ2v) is 21.1. The van der Waals surface area contributed by atoms with E-state index in [1.54, 1.807) is 0 Å². The fraction of sp³-hybridized carbons (Fsp3) is 0.214. The van der Waals surface area contributed by atoms with Gasteiger partial charge in [-0.05, 0) is 122 Å². The summed E-state index contributed by atoms with van der Waals surface area (Å²) >= 11 is 0. The molecule has 0 aliphatic heterocycles. The van der Waals surface area contributed by atoms with Gasteiger partial charge in [0.25, 0.3) is 0 Å². The van der Waals surface area contributed by atoms with Crippen molar-refractivity contribution in [3.63, 3.8) is 0 Å². The van der Waals surface area contributed by atoms with Crippen molar-refractivity contribution >= 4 is 43.1 Å². The SMILES string of the molecule is CC.CC.CC.CC.CC.CC.CC.CC.CC.CC.CC.CC.c1ccc(-c2ccc(-c3ccccc3)cc2)cc1.c1ccc(-c2ccc3ccccc3c2)cc1.c1ccc(-c2cccc(-c3ccccc3)c2)cc1.c1ccc(-c2ccccc2)cc1.c1ccc2c(c1)ccc1ccccc12.c1ccc2ccccc2c1. The molecule has 16 aromatic carbocycles. The minimum atomic E-state index is 1.26. The van der Waals surface area contributed by atoms with Gasteiger partial charge < -0.3 is 0 Å². The van der Waals surface area contributed by atoms with Crippen LogP contribution in [0, 0.1) is 0 Å². The molecule has 0 aliphatic rings. The fourth-order valence-electron chi connectivity index (χ4n) is 10.6. The zero-order valence-electron chi connectivity index (χ0n) is 73.3. The average molecular weight is 1490 g/mol. The molecule has 16 rings (SSSR count). The number of hydrogen-bond acceptors (Lipinski definition) is 0. The Balaban J connectivity index is 0. The summed E-state index contributed by atoms with van der Waals surface area (Å²) in [5, 5.41) is 10.5. The molecule has 0 bridgehead atoms. The summed E-state index contributed by atoms with van der Waals surface area (Å²) < 4.78 is 0. The predicted molar refractivity (Wildman–Crippen MR) is 517 cm³/mol. The molecule has 0 heteroatoms. The van der Waals surface area contributed by atoms with Crippen molar-refractivity contribution in [2.75, 3.05) is 0 Å². The third kappa shape index (κ3) is 37.8. The van der Waals surface area contributed by atoms with Gasteiger partial charge in [0.1, 0.15) is 0 Å². The standard InChI is InChI=1S/2C18H14.C16H12.C14H10.C12H10.C10H8.12C2H6/c1-3-8-15(9-4-1)17-12-7-13-18(14-17)16-10-5-2-6-11-16;1-3-7-15(8-4-1)17-11-13-18(14-12-17)16-9-5-2-6-10-16;1-2-6-13(7-3-1)16-11-10-14-8-4-5-9-15(14)12-16;1-3-7-13-11(5-1)9-10-12-6-2-4-8-14(12)13;1-3-7-11(8-4-1)12-9-5-2-6-10-12;1-2-6-10-8-4-3-7-9(10)5-1;12*1-2/h2*1-14H;1-12H;1-10H;1-10H;1-8H;12*1-2H3. The lowest BCUT2D eigenvalue weighted by molar-refractivity contribution is 1.50. The van der Waals surface area contributed by atoms with Crippen LogP contribution in [-0.2, 0) is 0 Å². The smallest absolute Gasteiger partial charge is 0.0105 e. The summed E-state index contributed by atoms with van der Waals surface area (Å²) in [7, 11) is 0. The zero-order valence-corrected chi connectivity index (χ0v) is 73.3. The molecule has 16 aromatic rings. The summed E-state index contributed by atoms with van der Waals surface area (Å²) in [5.41, 5.74) is 15.2.